The lowest BCUT2D eigenvalue weighted by Crippen LogP contribution is -2.55. The molecule has 0 bridgehead atoms. The first-order valence-corrected chi connectivity index (χ1v) is 18.0. The molecule has 2 fully saturated rings. The van der Waals surface area contributed by atoms with E-state index in [4.69, 9.17) is 33.7 Å². The maximum Gasteiger partial charge on any atom is 0.274 e. The van der Waals surface area contributed by atoms with Crippen LogP contribution in [-0.4, -0.2) is 73.7 Å². The molecule has 2 atom stereocenters. The van der Waals surface area contributed by atoms with E-state index < -0.39 is 38.5 Å². The number of Topliss-reactive ketones (excluding diaryl/α,β-unsaturated/α-hetero) is 1. The number of morpholine rings is 1. The number of carbonyl (C=O) groups excluding carboxylic acids is 1. The minimum atomic E-state index is -4.85. The fourth-order valence-electron chi connectivity index (χ4n) is 7.06. The second-order valence-electron chi connectivity index (χ2n) is 11.8. The molecule has 2 unspecified atom stereocenters. The highest BCUT2D eigenvalue weighted by molar-refractivity contribution is 14.1. The van der Waals surface area contributed by atoms with Gasteiger partial charge in [-0.15, -0.1) is 5.01 Å². The summed E-state index contributed by atoms with van der Waals surface area (Å²) in [6.45, 7) is 3.26. The zero-order valence-corrected chi connectivity index (χ0v) is 28.7. The Hall–Kier alpha value is -2.33. The Morgan fingerprint density at radius 3 is 2.33 bits per heavy atom. The molecule has 6 rings (SSSR count). The monoisotopic (exact) mass is 785 g/mol. The van der Waals surface area contributed by atoms with Gasteiger partial charge in [0.2, 0.25) is 0 Å². The van der Waals surface area contributed by atoms with Crippen LogP contribution < -0.4 is 10.7 Å². The van der Waals surface area contributed by atoms with Crippen molar-refractivity contribution >= 4 is 73.1 Å². The number of nitrogens with two attached hydrogens (primary N) is 1. The number of hydrogen-bond donors (Lipinski definition) is 2. The van der Waals surface area contributed by atoms with Crippen molar-refractivity contribution in [3.63, 3.8) is 0 Å². The number of benzene rings is 3. The van der Waals surface area contributed by atoms with E-state index in [1.54, 1.807) is 54.6 Å². The van der Waals surface area contributed by atoms with Gasteiger partial charge >= 0.3 is 0 Å². The molecule has 2 heterocycles. The number of fused-ring (bicyclic) bond motifs is 1. The van der Waals surface area contributed by atoms with Crippen molar-refractivity contribution in [2.75, 3.05) is 55.9 Å². The zero-order chi connectivity index (χ0) is 32.1. The predicted octanol–water partition coefficient (Wildman–Crippen LogP) is 5.56. The third-order valence-electron chi connectivity index (χ3n) is 9.29. The minimum Gasteiger partial charge on any atom is -0.398 e. The van der Waals surface area contributed by atoms with E-state index in [-0.39, 0.29) is 17.8 Å². The number of hydrazine groups is 1. The van der Waals surface area contributed by atoms with E-state index in [1.807, 2.05) is 6.07 Å². The summed E-state index contributed by atoms with van der Waals surface area (Å²) in [7, 11) is -4.85. The van der Waals surface area contributed by atoms with E-state index >= 15 is 9.70 Å². The fourth-order valence-corrected chi connectivity index (χ4v) is 8.93. The lowest BCUT2D eigenvalue weighted by atomic mass is 9.60. The molecule has 0 radical (unpaired) electrons. The second-order valence-corrected chi connectivity index (χ2v) is 15.4. The van der Waals surface area contributed by atoms with Gasteiger partial charge in [0.1, 0.15) is 16.0 Å². The number of anilines is 2. The average molecular weight is 786 g/mol. The molecule has 1 aliphatic carbocycles. The topological polar surface area (TPSA) is 133 Å². The Morgan fingerprint density at radius 1 is 1.02 bits per heavy atom. The van der Waals surface area contributed by atoms with Gasteiger partial charge in [-0.05, 0) is 83.5 Å². The molecule has 1 saturated heterocycles. The summed E-state index contributed by atoms with van der Waals surface area (Å²) >= 11 is 14.6. The van der Waals surface area contributed by atoms with Gasteiger partial charge in [-0.25, -0.2) is 0 Å². The van der Waals surface area contributed by atoms with Crippen LogP contribution in [0.2, 0.25) is 10.0 Å². The number of halogens is 3. The summed E-state index contributed by atoms with van der Waals surface area (Å²) in [5.74, 6) is -1.54. The molecule has 2 aliphatic heterocycles. The van der Waals surface area contributed by atoms with Crippen molar-refractivity contribution in [3.05, 3.63) is 95.9 Å². The number of nitrogens with zero attached hydrogens (tertiary/aromatic N) is 3. The first-order chi connectivity index (χ1) is 21.4. The van der Waals surface area contributed by atoms with E-state index in [0.29, 0.717) is 72.5 Å². The van der Waals surface area contributed by atoms with Crippen LogP contribution in [0.1, 0.15) is 40.4 Å². The van der Waals surface area contributed by atoms with Crippen molar-refractivity contribution in [2.45, 2.75) is 24.3 Å². The van der Waals surface area contributed by atoms with Crippen molar-refractivity contribution in [1.29, 1.82) is 0 Å². The Labute approximate surface area is 285 Å². The summed E-state index contributed by atoms with van der Waals surface area (Å²) < 4.78 is 43.0. The maximum absolute atomic E-state index is 15.4. The number of ketones is 1. The molecule has 0 aromatic heterocycles. The van der Waals surface area contributed by atoms with Crippen molar-refractivity contribution in [3.8, 4) is 0 Å². The number of ether oxygens (including phenoxy) is 1. The van der Waals surface area contributed by atoms with Crippen LogP contribution in [-0.2, 0) is 20.3 Å². The first kappa shape index (κ1) is 32.6. The quantitative estimate of drug-likeness (QED) is 0.131. The molecule has 0 spiro atoms. The normalized spacial score (nSPS) is 23.5. The summed E-state index contributed by atoms with van der Waals surface area (Å²) in [6.07, 6.45) is 0.751. The smallest absolute Gasteiger partial charge is 0.274 e. The first-order valence-electron chi connectivity index (χ1n) is 14.5. The zero-order valence-electron chi connectivity index (χ0n) is 24.2. The molecule has 14 heteroatoms. The summed E-state index contributed by atoms with van der Waals surface area (Å²) in [6, 6.07) is 15.3. The van der Waals surface area contributed by atoms with Crippen molar-refractivity contribution < 1.29 is 27.4 Å². The predicted molar refractivity (Wildman–Crippen MR) is 182 cm³/mol. The van der Waals surface area contributed by atoms with Crippen LogP contribution in [0.15, 0.2) is 60.7 Å². The fraction of sp³-hybridized carbons (Fsp3) is 0.387. The van der Waals surface area contributed by atoms with Crippen LogP contribution in [0.4, 0.5) is 11.4 Å². The van der Waals surface area contributed by atoms with Gasteiger partial charge < -0.3 is 10.5 Å². The highest BCUT2D eigenvalue weighted by Crippen LogP contribution is 2.67. The van der Waals surface area contributed by atoms with Crippen LogP contribution in [0, 0.1) is 13.9 Å². The molecular formula is C31H32Cl2IN4O6S+. The number of carbonyl (C=O) groups is 1. The molecule has 45 heavy (non-hydrogen) atoms. The van der Waals surface area contributed by atoms with E-state index in [9.17, 15) is 13.0 Å². The number of rotatable bonds is 8. The molecule has 3 aromatic carbocycles. The van der Waals surface area contributed by atoms with Gasteiger partial charge in [-0.1, -0.05) is 41.4 Å². The highest BCUT2D eigenvalue weighted by Gasteiger charge is 2.75. The lowest BCUT2D eigenvalue weighted by molar-refractivity contribution is -0.617. The molecule has 3 aliphatic rings. The van der Waals surface area contributed by atoms with E-state index in [1.165, 1.54) is 5.01 Å². The SMILES string of the molecule is Nc1cc(C2(C3(CS(=O)(=O)O)C(=O)c4cc(I)ccc4N(CCN4CCOCC4)[N+](=O)C3c3ccc(Cl)cc3)CC2)ccc1Cl. The number of hydrogen-bond acceptors (Lipinski definition) is 7. The Balaban J connectivity index is 1.64. The van der Waals surface area contributed by atoms with Crippen LogP contribution >= 0.6 is 45.8 Å². The summed E-state index contributed by atoms with van der Waals surface area (Å²) in [5, 5.41) is 2.24. The standard InChI is InChI=1S/C31H31Cl2IN4O6S/c32-22-4-1-20(2-5-22)28-31(19-45(41,42)43,30(9-10-30)21-3-7-25(33)26(35)17-21)29(39)24-18-23(34)6-8-27(24)37(38(28)40)12-11-36-13-15-44-16-14-36/h1-8,17-18,28H,9-16,19,35H2/p+1. The van der Waals surface area contributed by atoms with Crippen LogP contribution in [0.25, 0.3) is 0 Å². The molecule has 238 valence electrons. The molecule has 3 aromatic rings. The van der Waals surface area contributed by atoms with E-state index in [2.05, 4.69) is 27.5 Å². The number of nitroso groups, excluding NO2 is 1. The molecule has 1 saturated carbocycles. The van der Waals surface area contributed by atoms with Gasteiger partial charge in [-0.3, -0.25) is 14.2 Å². The largest absolute Gasteiger partial charge is 0.398 e. The van der Waals surface area contributed by atoms with E-state index in [0.717, 1.165) is 8.44 Å². The Morgan fingerprint density at radius 2 is 1.71 bits per heavy atom. The maximum atomic E-state index is 15.4. The van der Waals surface area contributed by atoms with Crippen LogP contribution in [0.5, 0.6) is 0 Å². The summed E-state index contributed by atoms with van der Waals surface area (Å²) in [4.78, 5) is 33.4. The van der Waals surface area contributed by atoms with Gasteiger partial charge in [0, 0.05) is 44.8 Å². The van der Waals surface area contributed by atoms with Crippen molar-refractivity contribution in [1.82, 2.24) is 4.90 Å². The Bertz CT molecular complexity index is 1770. The molecule has 10 nitrogen and oxygen atoms in total. The lowest BCUT2D eigenvalue weighted by Gasteiger charge is -2.40. The number of nitrogen functional groups attached to an aromatic ring is 1. The minimum absolute atomic E-state index is 0.207. The van der Waals surface area contributed by atoms with Gasteiger partial charge in [0.15, 0.2) is 5.78 Å². The van der Waals surface area contributed by atoms with Gasteiger partial charge in [0.05, 0.1) is 41.1 Å². The Kier molecular flexibility index (Phi) is 8.96. The van der Waals surface area contributed by atoms with Crippen LogP contribution in [0.3, 0.4) is 0 Å². The third-order valence-corrected chi connectivity index (χ3v) is 11.4. The van der Waals surface area contributed by atoms with Crippen molar-refractivity contribution in [2.24, 2.45) is 5.41 Å². The molecular weight excluding hydrogens is 754 g/mol. The molecule has 0 amide bonds. The third kappa shape index (κ3) is 5.99. The highest BCUT2D eigenvalue weighted by atomic mass is 127. The molecule has 3 N–H and O–H groups in total. The van der Waals surface area contributed by atoms with Gasteiger partial charge in [-0.2, -0.15) is 8.42 Å². The van der Waals surface area contributed by atoms with Gasteiger partial charge in [0.25, 0.3) is 16.2 Å². The average Bonchev–Trinajstić information content (AvgIpc) is 3.82. The second kappa shape index (κ2) is 12.4. The summed E-state index contributed by atoms with van der Waals surface area (Å²) in [5.41, 5.74) is 4.87.